The highest BCUT2D eigenvalue weighted by Gasteiger charge is 2.25. The summed E-state index contributed by atoms with van der Waals surface area (Å²) in [4.78, 5) is 14.6. The van der Waals surface area contributed by atoms with Gasteiger partial charge in [-0.1, -0.05) is 24.3 Å². The van der Waals surface area contributed by atoms with Crippen LogP contribution in [0.4, 0.5) is 8.78 Å². The fraction of sp³-hybridized carbons (Fsp3) is 0.381. The third kappa shape index (κ3) is 5.62. The van der Waals surface area contributed by atoms with Crippen molar-refractivity contribution in [3.8, 4) is 0 Å². The lowest BCUT2D eigenvalue weighted by Crippen LogP contribution is -2.47. The van der Waals surface area contributed by atoms with E-state index in [0.717, 1.165) is 10.4 Å². The number of carbonyl (C=O) groups is 1. The van der Waals surface area contributed by atoms with Crippen LogP contribution in [0, 0.1) is 11.6 Å². The van der Waals surface area contributed by atoms with Crippen molar-refractivity contribution in [1.82, 2.24) is 14.5 Å². The number of rotatable bonds is 7. The largest absolute Gasteiger partial charge is 0.352 e. The smallest absolute Gasteiger partial charge is 0.243 e. The van der Waals surface area contributed by atoms with Crippen molar-refractivity contribution >= 4 is 15.9 Å². The summed E-state index contributed by atoms with van der Waals surface area (Å²) in [5, 5.41) is 2.89. The topological polar surface area (TPSA) is 69.7 Å². The number of nitrogens with one attached hydrogen (secondary N) is 1. The van der Waals surface area contributed by atoms with E-state index in [1.807, 2.05) is 0 Å². The maximum atomic E-state index is 13.3. The maximum Gasteiger partial charge on any atom is 0.243 e. The van der Waals surface area contributed by atoms with Gasteiger partial charge in [-0.15, -0.1) is 0 Å². The summed E-state index contributed by atoms with van der Waals surface area (Å²) >= 11 is 0. The van der Waals surface area contributed by atoms with Gasteiger partial charge in [0.2, 0.25) is 15.9 Å². The van der Waals surface area contributed by atoms with Gasteiger partial charge in [0.25, 0.3) is 0 Å². The highest BCUT2D eigenvalue weighted by Crippen LogP contribution is 2.17. The molecule has 0 radical (unpaired) electrons. The second-order valence-electron chi connectivity index (χ2n) is 7.44. The number of amides is 1. The van der Waals surface area contributed by atoms with E-state index in [4.69, 9.17) is 0 Å². The van der Waals surface area contributed by atoms with Crippen molar-refractivity contribution in [1.29, 1.82) is 0 Å². The van der Waals surface area contributed by atoms with E-state index in [0.29, 0.717) is 38.0 Å². The van der Waals surface area contributed by atoms with Crippen LogP contribution in [0.2, 0.25) is 0 Å². The maximum absolute atomic E-state index is 13.3. The van der Waals surface area contributed by atoms with Gasteiger partial charge in [-0.3, -0.25) is 9.69 Å². The molecule has 1 amide bonds. The number of piperidine rings is 1. The normalized spacial score (nSPS) is 16.0. The second kappa shape index (κ2) is 9.63. The fourth-order valence-electron chi connectivity index (χ4n) is 3.46. The van der Waals surface area contributed by atoms with Gasteiger partial charge >= 0.3 is 0 Å². The number of halogens is 2. The highest BCUT2D eigenvalue weighted by molar-refractivity contribution is 7.89. The van der Waals surface area contributed by atoms with Gasteiger partial charge in [0, 0.05) is 32.7 Å². The molecule has 30 heavy (non-hydrogen) atoms. The van der Waals surface area contributed by atoms with E-state index in [2.05, 4.69) is 10.2 Å². The lowest BCUT2D eigenvalue weighted by molar-refractivity contribution is -0.122. The Hall–Kier alpha value is -2.36. The van der Waals surface area contributed by atoms with Gasteiger partial charge in [-0.25, -0.2) is 17.2 Å². The van der Waals surface area contributed by atoms with Crippen LogP contribution in [-0.4, -0.2) is 56.3 Å². The van der Waals surface area contributed by atoms with Crippen LogP contribution in [0.25, 0.3) is 0 Å². The predicted octanol–water partition coefficient (Wildman–Crippen LogP) is 2.37. The summed E-state index contributed by atoms with van der Waals surface area (Å²) in [6.07, 6.45) is 1.40. The van der Waals surface area contributed by atoms with Crippen molar-refractivity contribution in [2.75, 3.05) is 26.7 Å². The second-order valence-corrected chi connectivity index (χ2v) is 9.49. The molecule has 0 spiro atoms. The molecule has 0 unspecified atom stereocenters. The first kappa shape index (κ1) is 22.3. The Balaban J connectivity index is 1.46. The van der Waals surface area contributed by atoms with E-state index < -0.39 is 21.7 Å². The number of nitrogens with zero attached hydrogens (tertiary/aromatic N) is 2. The van der Waals surface area contributed by atoms with Gasteiger partial charge in [0.15, 0.2) is 11.6 Å². The van der Waals surface area contributed by atoms with Gasteiger partial charge in [-0.2, -0.15) is 4.31 Å². The molecular formula is C21H25F2N3O3S. The Morgan fingerprint density at radius 2 is 1.77 bits per heavy atom. The Bertz CT molecular complexity index is 978. The van der Waals surface area contributed by atoms with Gasteiger partial charge in [0.05, 0.1) is 11.4 Å². The van der Waals surface area contributed by atoms with E-state index in [-0.39, 0.29) is 23.4 Å². The van der Waals surface area contributed by atoms with E-state index in [1.54, 1.807) is 24.3 Å². The molecule has 1 aliphatic rings. The summed E-state index contributed by atoms with van der Waals surface area (Å²) in [5.41, 5.74) is 0.698. The molecule has 1 fully saturated rings. The molecule has 0 atom stereocenters. The average molecular weight is 438 g/mol. The number of likely N-dealkylation sites (tertiary alicyclic amines) is 1. The molecule has 162 valence electrons. The monoisotopic (exact) mass is 437 g/mol. The molecule has 6 nitrogen and oxygen atoms in total. The van der Waals surface area contributed by atoms with Crippen molar-refractivity contribution in [3.63, 3.8) is 0 Å². The average Bonchev–Trinajstić information content (AvgIpc) is 2.72. The lowest BCUT2D eigenvalue weighted by Gasteiger charge is -2.32. The number of likely N-dealkylation sites (N-methyl/N-ethyl adjacent to an activating group) is 1. The summed E-state index contributed by atoms with van der Waals surface area (Å²) in [6, 6.07) is 11.8. The molecule has 9 heteroatoms. The van der Waals surface area contributed by atoms with Crippen LogP contribution in [0.3, 0.4) is 0 Å². The number of benzene rings is 2. The zero-order chi connectivity index (χ0) is 21.7. The Morgan fingerprint density at radius 1 is 1.10 bits per heavy atom. The minimum Gasteiger partial charge on any atom is -0.352 e. The van der Waals surface area contributed by atoms with Crippen LogP contribution in [0.15, 0.2) is 53.4 Å². The van der Waals surface area contributed by atoms with E-state index in [1.165, 1.54) is 25.2 Å². The van der Waals surface area contributed by atoms with Crippen molar-refractivity contribution in [2.45, 2.75) is 30.3 Å². The summed E-state index contributed by atoms with van der Waals surface area (Å²) < 4.78 is 52.4. The molecule has 3 rings (SSSR count). The first-order valence-corrected chi connectivity index (χ1v) is 11.2. The molecule has 0 bridgehead atoms. The molecular weight excluding hydrogens is 412 g/mol. The summed E-state index contributed by atoms with van der Waals surface area (Å²) in [7, 11) is -2.34. The number of hydrogen-bond donors (Lipinski definition) is 1. The standard InChI is InChI=1S/C21H25F2N3O3S/c1-25(30(28,29)18-5-3-2-4-6-18)15-21(27)24-17-9-11-26(12-10-17)14-16-7-8-19(22)20(23)13-16/h2-8,13,17H,9-12,14-15H2,1H3,(H,24,27). The summed E-state index contributed by atoms with van der Waals surface area (Å²) in [6.45, 7) is 1.65. The molecule has 2 aromatic carbocycles. The Labute approximate surface area is 175 Å². The number of sulfonamides is 1. The van der Waals surface area contributed by atoms with Crippen LogP contribution >= 0.6 is 0 Å². The first-order valence-electron chi connectivity index (χ1n) is 9.73. The lowest BCUT2D eigenvalue weighted by atomic mass is 10.0. The molecule has 0 aliphatic carbocycles. The van der Waals surface area contributed by atoms with Crippen LogP contribution < -0.4 is 5.32 Å². The minimum absolute atomic E-state index is 0.0495. The third-order valence-electron chi connectivity index (χ3n) is 5.16. The molecule has 0 aromatic heterocycles. The Morgan fingerprint density at radius 3 is 2.40 bits per heavy atom. The highest BCUT2D eigenvalue weighted by atomic mass is 32.2. The van der Waals surface area contributed by atoms with E-state index >= 15 is 0 Å². The molecule has 1 aliphatic heterocycles. The van der Waals surface area contributed by atoms with Crippen LogP contribution in [-0.2, 0) is 21.4 Å². The minimum atomic E-state index is -3.72. The van der Waals surface area contributed by atoms with Crippen LogP contribution in [0.1, 0.15) is 18.4 Å². The first-order chi connectivity index (χ1) is 14.3. The van der Waals surface area contributed by atoms with Gasteiger partial charge in [-0.05, 0) is 42.7 Å². The zero-order valence-corrected chi connectivity index (χ0v) is 17.5. The fourth-order valence-corrected chi connectivity index (χ4v) is 4.61. The van der Waals surface area contributed by atoms with Gasteiger partial charge < -0.3 is 5.32 Å². The Kier molecular flexibility index (Phi) is 7.17. The number of hydrogen-bond acceptors (Lipinski definition) is 4. The van der Waals surface area contributed by atoms with Crippen molar-refractivity contribution < 1.29 is 22.0 Å². The quantitative estimate of drug-likeness (QED) is 0.722. The molecule has 1 saturated heterocycles. The SMILES string of the molecule is CN(CC(=O)NC1CCN(Cc2ccc(F)c(F)c2)CC1)S(=O)(=O)c1ccccc1. The zero-order valence-electron chi connectivity index (χ0n) is 16.7. The molecule has 0 saturated carbocycles. The number of carbonyl (C=O) groups excluding carboxylic acids is 1. The molecule has 1 N–H and O–H groups in total. The predicted molar refractivity (Wildman–Crippen MR) is 109 cm³/mol. The van der Waals surface area contributed by atoms with Gasteiger partial charge in [0.1, 0.15) is 0 Å². The van der Waals surface area contributed by atoms with Crippen molar-refractivity contribution in [3.05, 3.63) is 65.7 Å². The molecule has 1 heterocycles. The van der Waals surface area contributed by atoms with Crippen LogP contribution in [0.5, 0.6) is 0 Å². The summed E-state index contributed by atoms with van der Waals surface area (Å²) in [5.74, 6) is -2.07. The molecule has 2 aromatic rings. The third-order valence-corrected chi connectivity index (χ3v) is 6.98. The van der Waals surface area contributed by atoms with Crippen molar-refractivity contribution in [2.24, 2.45) is 0 Å². The van der Waals surface area contributed by atoms with E-state index in [9.17, 15) is 22.0 Å².